The van der Waals surface area contributed by atoms with Crippen LogP contribution in [0.1, 0.15) is 5.56 Å². The molecule has 0 unspecified atom stereocenters. The average molecular weight is 293 g/mol. The Morgan fingerprint density at radius 1 is 0.955 bits per heavy atom. The van der Waals surface area contributed by atoms with E-state index < -0.39 is 0 Å². The summed E-state index contributed by atoms with van der Waals surface area (Å²) >= 11 is 0. The lowest BCUT2D eigenvalue weighted by Crippen LogP contribution is -2.28. The van der Waals surface area contributed by atoms with Crippen LogP contribution in [0.3, 0.4) is 0 Å². The van der Waals surface area contributed by atoms with Crippen LogP contribution in [0.4, 0.5) is 5.69 Å². The maximum Gasteiger partial charge on any atom is 0.286 e. The number of benzene rings is 2. The minimum atomic E-state index is -0.245. The van der Waals surface area contributed by atoms with E-state index in [-0.39, 0.29) is 12.2 Å². The monoisotopic (exact) mass is 293 g/mol. The van der Waals surface area contributed by atoms with Crippen molar-refractivity contribution in [3.8, 4) is 11.3 Å². The largest absolute Gasteiger partial charge is 0.392 e. The van der Waals surface area contributed by atoms with Gasteiger partial charge >= 0.3 is 0 Å². The Morgan fingerprint density at radius 3 is 2.36 bits per heavy atom. The van der Waals surface area contributed by atoms with Crippen molar-refractivity contribution in [2.45, 2.75) is 6.61 Å². The Bertz CT molecular complexity index is 811. The van der Waals surface area contributed by atoms with E-state index in [0.717, 1.165) is 16.8 Å². The number of nitrogens with one attached hydrogen (secondary N) is 1. The third-order valence-corrected chi connectivity index (χ3v) is 3.24. The normalized spacial score (nSPS) is 10.4. The average Bonchev–Trinajstić information content (AvgIpc) is 2.58. The second-order valence-electron chi connectivity index (χ2n) is 4.80. The van der Waals surface area contributed by atoms with Gasteiger partial charge in [0.05, 0.1) is 18.0 Å². The molecule has 3 aromatic rings. The molecule has 2 aromatic carbocycles. The molecule has 0 radical (unpaired) electrons. The van der Waals surface area contributed by atoms with E-state index in [0.29, 0.717) is 5.69 Å². The summed E-state index contributed by atoms with van der Waals surface area (Å²) in [5.41, 5.74) is 5.88. The van der Waals surface area contributed by atoms with E-state index in [1.54, 1.807) is 30.3 Å². The van der Waals surface area contributed by atoms with Crippen LogP contribution in [0.2, 0.25) is 0 Å². The standard InChI is InChI=1S/C17H15N3O2/c21-12-13-6-8-15(9-7-13)18-20-17(22)11-10-16(19-20)14-4-2-1-3-5-14/h1-11,18,21H,12H2. The summed E-state index contributed by atoms with van der Waals surface area (Å²) in [7, 11) is 0. The van der Waals surface area contributed by atoms with Gasteiger partial charge in [-0.3, -0.25) is 10.2 Å². The third-order valence-electron chi connectivity index (χ3n) is 3.24. The summed E-state index contributed by atoms with van der Waals surface area (Å²) in [6.45, 7) is -0.0119. The number of anilines is 1. The molecule has 3 rings (SSSR count). The summed E-state index contributed by atoms with van der Waals surface area (Å²) < 4.78 is 0. The molecule has 22 heavy (non-hydrogen) atoms. The summed E-state index contributed by atoms with van der Waals surface area (Å²) in [5.74, 6) is 0. The van der Waals surface area contributed by atoms with Crippen LogP contribution in [0.5, 0.6) is 0 Å². The molecule has 110 valence electrons. The highest BCUT2D eigenvalue weighted by molar-refractivity contribution is 5.58. The van der Waals surface area contributed by atoms with Gasteiger partial charge in [-0.05, 0) is 23.8 Å². The Kier molecular flexibility index (Phi) is 3.98. The van der Waals surface area contributed by atoms with Crippen molar-refractivity contribution >= 4 is 5.69 Å². The number of hydrogen-bond acceptors (Lipinski definition) is 4. The van der Waals surface area contributed by atoms with Crippen molar-refractivity contribution in [2.75, 3.05) is 5.43 Å². The van der Waals surface area contributed by atoms with Crippen LogP contribution in [-0.4, -0.2) is 15.0 Å². The fraction of sp³-hybridized carbons (Fsp3) is 0.0588. The van der Waals surface area contributed by atoms with Crippen molar-refractivity contribution in [3.05, 3.63) is 82.6 Å². The zero-order chi connectivity index (χ0) is 15.4. The minimum absolute atomic E-state index is 0.0119. The molecule has 5 heteroatoms. The summed E-state index contributed by atoms with van der Waals surface area (Å²) in [5, 5.41) is 13.4. The van der Waals surface area contributed by atoms with Crippen molar-refractivity contribution in [3.63, 3.8) is 0 Å². The highest BCUT2D eigenvalue weighted by Crippen LogP contribution is 2.14. The zero-order valence-corrected chi connectivity index (χ0v) is 11.8. The first-order valence-corrected chi connectivity index (χ1v) is 6.89. The zero-order valence-electron chi connectivity index (χ0n) is 11.8. The molecule has 0 spiro atoms. The maximum absolute atomic E-state index is 11.9. The molecule has 0 aliphatic carbocycles. The van der Waals surface area contributed by atoms with Crippen molar-refractivity contribution in [1.29, 1.82) is 0 Å². The van der Waals surface area contributed by atoms with E-state index >= 15 is 0 Å². The number of aliphatic hydroxyl groups excluding tert-OH is 1. The van der Waals surface area contributed by atoms with Gasteiger partial charge < -0.3 is 5.11 Å². The van der Waals surface area contributed by atoms with Crippen LogP contribution in [-0.2, 0) is 6.61 Å². The van der Waals surface area contributed by atoms with Crippen molar-refractivity contribution in [1.82, 2.24) is 9.89 Å². The van der Waals surface area contributed by atoms with Gasteiger partial charge in [-0.1, -0.05) is 42.5 Å². The molecule has 1 heterocycles. The van der Waals surface area contributed by atoms with Gasteiger partial charge in [-0.15, -0.1) is 9.89 Å². The Hall–Kier alpha value is -2.92. The lowest BCUT2D eigenvalue weighted by atomic mass is 10.1. The predicted molar refractivity (Wildman–Crippen MR) is 85.3 cm³/mol. The Labute approximate surface area is 127 Å². The number of nitrogens with zero attached hydrogens (tertiary/aromatic N) is 2. The SMILES string of the molecule is O=c1ccc(-c2ccccc2)nn1Nc1ccc(CO)cc1. The first-order chi connectivity index (χ1) is 10.8. The van der Waals surface area contributed by atoms with Crippen LogP contribution >= 0.6 is 0 Å². The van der Waals surface area contributed by atoms with Gasteiger partial charge in [-0.2, -0.15) is 0 Å². The first kappa shape index (κ1) is 14.0. The molecule has 0 amide bonds. The number of aliphatic hydroxyl groups is 1. The van der Waals surface area contributed by atoms with Gasteiger partial charge in [0.2, 0.25) is 0 Å². The Balaban J connectivity index is 1.91. The second-order valence-corrected chi connectivity index (χ2v) is 4.80. The van der Waals surface area contributed by atoms with Crippen molar-refractivity contribution in [2.24, 2.45) is 0 Å². The summed E-state index contributed by atoms with van der Waals surface area (Å²) in [6, 6.07) is 20.0. The number of hydrogen-bond donors (Lipinski definition) is 2. The van der Waals surface area contributed by atoms with Crippen molar-refractivity contribution < 1.29 is 5.11 Å². The fourth-order valence-corrected chi connectivity index (χ4v) is 2.06. The maximum atomic E-state index is 11.9. The molecule has 0 bridgehead atoms. The number of rotatable bonds is 4. The smallest absolute Gasteiger partial charge is 0.286 e. The molecule has 0 fully saturated rings. The quantitative estimate of drug-likeness (QED) is 0.774. The van der Waals surface area contributed by atoms with E-state index in [1.165, 1.54) is 10.9 Å². The van der Waals surface area contributed by atoms with E-state index in [2.05, 4.69) is 10.5 Å². The summed E-state index contributed by atoms with van der Waals surface area (Å²) in [4.78, 5) is 13.1. The molecule has 0 atom stereocenters. The van der Waals surface area contributed by atoms with E-state index in [1.807, 2.05) is 30.3 Å². The highest BCUT2D eigenvalue weighted by atomic mass is 16.3. The second kappa shape index (κ2) is 6.24. The van der Waals surface area contributed by atoms with Gasteiger partial charge in [0, 0.05) is 11.6 Å². The third kappa shape index (κ3) is 3.05. The first-order valence-electron chi connectivity index (χ1n) is 6.89. The lowest BCUT2D eigenvalue weighted by molar-refractivity contribution is 0.282. The van der Waals surface area contributed by atoms with Crippen LogP contribution in [0, 0.1) is 0 Å². The van der Waals surface area contributed by atoms with Gasteiger partial charge in [0.1, 0.15) is 0 Å². The van der Waals surface area contributed by atoms with Gasteiger partial charge in [0.15, 0.2) is 0 Å². The molecular weight excluding hydrogens is 278 g/mol. The van der Waals surface area contributed by atoms with Gasteiger partial charge in [-0.25, -0.2) is 0 Å². The van der Waals surface area contributed by atoms with Crippen LogP contribution in [0.25, 0.3) is 11.3 Å². The molecule has 5 nitrogen and oxygen atoms in total. The lowest BCUT2D eigenvalue weighted by Gasteiger charge is -2.10. The van der Waals surface area contributed by atoms with Crippen LogP contribution < -0.4 is 11.0 Å². The summed E-state index contributed by atoms with van der Waals surface area (Å²) in [6.07, 6.45) is 0. The molecular formula is C17H15N3O2. The Morgan fingerprint density at radius 2 is 1.68 bits per heavy atom. The predicted octanol–water partition coefficient (Wildman–Crippen LogP) is 2.28. The molecule has 0 saturated carbocycles. The molecule has 2 N–H and O–H groups in total. The highest BCUT2D eigenvalue weighted by Gasteiger charge is 2.03. The topological polar surface area (TPSA) is 67.2 Å². The van der Waals surface area contributed by atoms with E-state index in [9.17, 15) is 4.79 Å². The molecule has 0 saturated heterocycles. The fourth-order valence-electron chi connectivity index (χ4n) is 2.06. The minimum Gasteiger partial charge on any atom is -0.392 e. The molecule has 1 aromatic heterocycles. The van der Waals surface area contributed by atoms with Gasteiger partial charge in [0.25, 0.3) is 5.56 Å². The number of aromatic nitrogens is 2. The molecule has 0 aliphatic rings. The van der Waals surface area contributed by atoms with Crippen LogP contribution in [0.15, 0.2) is 71.5 Å². The van der Waals surface area contributed by atoms with E-state index in [4.69, 9.17) is 5.11 Å². The molecule has 0 aliphatic heterocycles.